The molecule has 0 aliphatic rings. The van der Waals surface area contributed by atoms with Crippen LogP contribution in [-0.4, -0.2) is 20.3 Å². The van der Waals surface area contributed by atoms with Crippen LogP contribution < -0.4 is 4.74 Å². The molecule has 1 atom stereocenters. The van der Waals surface area contributed by atoms with Crippen LogP contribution in [0, 0.1) is 0 Å². The van der Waals surface area contributed by atoms with Crippen LogP contribution in [0.3, 0.4) is 0 Å². The normalized spacial score (nSPS) is 12.2. The molecule has 0 aromatic heterocycles. The number of rotatable bonds is 6. The van der Waals surface area contributed by atoms with E-state index in [9.17, 15) is 0 Å². The smallest absolute Gasteiger partial charge is 0.133 e. The summed E-state index contributed by atoms with van der Waals surface area (Å²) in [6, 6.07) is 13.8. The summed E-state index contributed by atoms with van der Waals surface area (Å²) in [4.78, 5) is 0. The Morgan fingerprint density at radius 3 is 2.48 bits per heavy atom. The molecule has 5 heteroatoms. The first-order chi connectivity index (χ1) is 10.1. The molecule has 0 spiro atoms. The summed E-state index contributed by atoms with van der Waals surface area (Å²) in [5.74, 6) is 0.784. The zero-order valence-electron chi connectivity index (χ0n) is 11.5. The number of alkyl halides is 1. The van der Waals surface area contributed by atoms with E-state index in [1.54, 1.807) is 7.11 Å². The van der Waals surface area contributed by atoms with Crippen LogP contribution in [0.15, 0.2) is 51.4 Å². The Kier molecular flexibility index (Phi) is 6.55. The van der Waals surface area contributed by atoms with Crippen molar-refractivity contribution < 1.29 is 9.47 Å². The largest absolute Gasteiger partial charge is 0.490 e. The van der Waals surface area contributed by atoms with Gasteiger partial charge < -0.3 is 9.47 Å². The zero-order valence-corrected chi connectivity index (χ0v) is 15.4. The first-order valence-electron chi connectivity index (χ1n) is 6.43. The molecule has 0 saturated heterocycles. The van der Waals surface area contributed by atoms with E-state index in [0.29, 0.717) is 13.2 Å². The van der Waals surface area contributed by atoms with Crippen molar-refractivity contribution in [1.29, 1.82) is 0 Å². The second kappa shape index (κ2) is 8.18. The molecule has 2 aromatic rings. The number of methoxy groups -OCH3 is 1. The lowest BCUT2D eigenvalue weighted by Gasteiger charge is -2.14. The average molecular weight is 435 g/mol. The Morgan fingerprint density at radius 1 is 1.05 bits per heavy atom. The van der Waals surface area contributed by atoms with Crippen LogP contribution in [0.25, 0.3) is 0 Å². The Balaban J connectivity index is 2.18. The summed E-state index contributed by atoms with van der Waals surface area (Å²) >= 11 is 13.6. The molecule has 1 unspecified atom stereocenters. The molecule has 0 aliphatic heterocycles. The van der Waals surface area contributed by atoms with Gasteiger partial charge in [-0.3, -0.25) is 0 Å². The predicted octanol–water partition coefficient (Wildman–Crippen LogP) is 5.57. The molecule has 2 aromatic carbocycles. The lowest BCUT2D eigenvalue weighted by molar-refractivity contribution is 0.146. The summed E-state index contributed by atoms with van der Waals surface area (Å²) in [7, 11) is 1.65. The predicted molar refractivity (Wildman–Crippen MR) is 93.4 cm³/mol. The molecule has 0 radical (unpaired) electrons. The highest BCUT2D eigenvalue weighted by Crippen LogP contribution is 2.36. The van der Waals surface area contributed by atoms with Crippen molar-refractivity contribution in [3.63, 3.8) is 0 Å². The fraction of sp³-hybridized carbons (Fsp3) is 0.250. The van der Waals surface area contributed by atoms with E-state index in [-0.39, 0.29) is 5.38 Å². The topological polar surface area (TPSA) is 18.5 Å². The summed E-state index contributed by atoms with van der Waals surface area (Å²) in [5.41, 5.74) is 2.05. The van der Waals surface area contributed by atoms with E-state index in [1.165, 1.54) is 0 Å². The van der Waals surface area contributed by atoms with E-state index in [1.807, 2.05) is 42.5 Å². The van der Waals surface area contributed by atoms with Crippen LogP contribution in [0.4, 0.5) is 0 Å². The first-order valence-corrected chi connectivity index (χ1v) is 8.45. The number of halogens is 3. The van der Waals surface area contributed by atoms with Gasteiger partial charge in [0.05, 0.1) is 16.5 Å². The number of benzene rings is 2. The fourth-order valence-electron chi connectivity index (χ4n) is 1.89. The minimum Gasteiger partial charge on any atom is -0.490 e. The van der Waals surface area contributed by atoms with Crippen molar-refractivity contribution in [3.8, 4) is 5.75 Å². The van der Waals surface area contributed by atoms with Gasteiger partial charge in [0.15, 0.2) is 0 Å². The van der Waals surface area contributed by atoms with E-state index >= 15 is 0 Å². The maximum atomic E-state index is 6.58. The Bertz CT molecular complexity index is 605. The highest BCUT2D eigenvalue weighted by Gasteiger charge is 2.15. The van der Waals surface area contributed by atoms with Crippen LogP contribution in [0.1, 0.15) is 16.5 Å². The van der Waals surface area contributed by atoms with Crippen molar-refractivity contribution in [3.05, 3.63) is 62.5 Å². The van der Waals surface area contributed by atoms with Gasteiger partial charge in [0.2, 0.25) is 0 Å². The molecule has 2 nitrogen and oxygen atoms in total. The Hall–Kier alpha value is -0.550. The van der Waals surface area contributed by atoms with Crippen molar-refractivity contribution in [2.45, 2.75) is 5.38 Å². The van der Waals surface area contributed by atoms with Gasteiger partial charge in [-0.2, -0.15) is 0 Å². The monoisotopic (exact) mass is 432 g/mol. The van der Waals surface area contributed by atoms with E-state index < -0.39 is 0 Å². The number of ether oxygens (including phenoxy) is 2. The molecule has 2 rings (SSSR count). The van der Waals surface area contributed by atoms with E-state index in [0.717, 1.165) is 25.8 Å². The van der Waals surface area contributed by atoms with Gasteiger partial charge in [-0.1, -0.05) is 40.2 Å². The second-order valence-corrected chi connectivity index (χ2v) is 6.56. The maximum absolute atomic E-state index is 6.58. The van der Waals surface area contributed by atoms with Gasteiger partial charge in [0.1, 0.15) is 12.4 Å². The molecular formula is C16H15Br2ClO2. The molecule has 0 heterocycles. The van der Waals surface area contributed by atoms with Gasteiger partial charge >= 0.3 is 0 Å². The van der Waals surface area contributed by atoms with Crippen LogP contribution in [0.5, 0.6) is 5.75 Å². The molecular weight excluding hydrogens is 419 g/mol. The molecule has 0 N–H and O–H groups in total. The number of hydrogen-bond donors (Lipinski definition) is 0. The van der Waals surface area contributed by atoms with Gasteiger partial charge in [-0.05, 0) is 45.3 Å². The molecule has 0 amide bonds. The van der Waals surface area contributed by atoms with Gasteiger partial charge in [-0.25, -0.2) is 0 Å². The summed E-state index contributed by atoms with van der Waals surface area (Å²) < 4.78 is 12.5. The quantitative estimate of drug-likeness (QED) is 0.437. The standard InChI is InChI=1S/C16H15Br2ClO2/c1-20-8-9-21-15-7-6-11(10-14(15)18)16(19)12-4-2-3-5-13(12)17/h2-7,10,16H,8-9H2,1H3. The van der Waals surface area contributed by atoms with Crippen molar-refractivity contribution in [2.75, 3.05) is 20.3 Å². The van der Waals surface area contributed by atoms with Crippen LogP contribution in [0.2, 0.25) is 0 Å². The van der Waals surface area contributed by atoms with Crippen molar-refractivity contribution in [2.24, 2.45) is 0 Å². The lowest BCUT2D eigenvalue weighted by Crippen LogP contribution is -2.05. The van der Waals surface area contributed by atoms with Crippen LogP contribution >= 0.6 is 43.5 Å². The highest BCUT2D eigenvalue weighted by molar-refractivity contribution is 9.10. The SMILES string of the molecule is COCCOc1ccc(C(Cl)c2ccccc2Br)cc1Br. The summed E-state index contributed by atoms with van der Waals surface area (Å²) in [6.07, 6.45) is 0. The van der Waals surface area contributed by atoms with E-state index in [4.69, 9.17) is 21.1 Å². The fourth-order valence-corrected chi connectivity index (χ4v) is 3.37. The van der Waals surface area contributed by atoms with Gasteiger partial charge in [-0.15, -0.1) is 11.6 Å². The molecule has 0 aliphatic carbocycles. The molecule has 112 valence electrons. The zero-order chi connectivity index (χ0) is 15.2. The minimum absolute atomic E-state index is 0.218. The third kappa shape index (κ3) is 4.46. The van der Waals surface area contributed by atoms with Gasteiger partial charge in [0, 0.05) is 11.6 Å². The Morgan fingerprint density at radius 2 is 1.81 bits per heavy atom. The van der Waals surface area contributed by atoms with E-state index in [2.05, 4.69) is 31.9 Å². The highest BCUT2D eigenvalue weighted by atomic mass is 79.9. The summed E-state index contributed by atoms with van der Waals surface area (Å²) in [5, 5.41) is -0.218. The second-order valence-electron chi connectivity index (χ2n) is 4.42. The van der Waals surface area contributed by atoms with Crippen molar-refractivity contribution >= 4 is 43.5 Å². The third-order valence-corrected chi connectivity index (χ3v) is 4.80. The molecule has 21 heavy (non-hydrogen) atoms. The summed E-state index contributed by atoms with van der Waals surface area (Å²) in [6.45, 7) is 1.08. The maximum Gasteiger partial charge on any atom is 0.133 e. The minimum atomic E-state index is -0.218. The first kappa shape index (κ1) is 16.8. The Labute approximate surface area is 146 Å². The molecule has 0 bridgehead atoms. The molecule has 0 saturated carbocycles. The third-order valence-electron chi connectivity index (χ3n) is 2.97. The van der Waals surface area contributed by atoms with Crippen molar-refractivity contribution in [1.82, 2.24) is 0 Å². The van der Waals surface area contributed by atoms with Crippen LogP contribution in [-0.2, 0) is 4.74 Å². The van der Waals surface area contributed by atoms with Gasteiger partial charge in [0.25, 0.3) is 0 Å². The number of hydrogen-bond acceptors (Lipinski definition) is 2. The molecule has 0 fully saturated rings. The lowest BCUT2D eigenvalue weighted by atomic mass is 10.0. The average Bonchev–Trinajstić information content (AvgIpc) is 2.49.